The molecule has 11 nitrogen and oxygen atoms in total. The number of hydrogen-bond acceptors (Lipinski definition) is 7. The second-order valence-electron chi connectivity index (χ2n) is 10.8. The Morgan fingerprint density at radius 3 is 2.35 bits per heavy atom. The molecule has 0 bridgehead atoms. The van der Waals surface area contributed by atoms with Crippen LogP contribution in [0.25, 0.3) is 0 Å². The van der Waals surface area contributed by atoms with Crippen LogP contribution in [0.15, 0.2) is 41.3 Å². The van der Waals surface area contributed by atoms with E-state index in [1.807, 2.05) is 0 Å². The zero-order valence-corrected chi connectivity index (χ0v) is 22.9. The van der Waals surface area contributed by atoms with Crippen LogP contribution in [0, 0.1) is 5.41 Å². The molecule has 1 aromatic heterocycles. The molecule has 4 N–H and O–H groups in total. The maximum absolute atomic E-state index is 13.6. The van der Waals surface area contributed by atoms with Crippen LogP contribution in [0.2, 0.25) is 0 Å². The van der Waals surface area contributed by atoms with Crippen molar-refractivity contribution >= 4 is 33.2 Å². The minimum absolute atomic E-state index is 0.00402. The molecule has 3 heterocycles. The van der Waals surface area contributed by atoms with Gasteiger partial charge < -0.3 is 20.3 Å². The van der Waals surface area contributed by atoms with Crippen LogP contribution in [0.5, 0.6) is 0 Å². The Hall–Kier alpha value is -3.23. The van der Waals surface area contributed by atoms with E-state index < -0.39 is 27.6 Å². The van der Waals surface area contributed by atoms with Gasteiger partial charge in [0.15, 0.2) is 0 Å². The first kappa shape index (κ1) is 28.3. The Balaban J connectivity index is 1.39. The smallest absolute Gasteiger partial charge is 0.299 e. The Kier molecular flexibility index (Phi) is 7.77. The monoisotopic (exact) mass is 580 g/mol. The van der Waals surface area contributed by atoms with Crippen LogP contribution < -0.4 is 30.2 Å². The third kappa shape index (κ3) is 6.39. The third-order valence-electron chi connectivity index (χ3n) is 7.97. The lowest BCUT2D eigenvalue weighted by Gasteiger charge is -2.35. The summed E-state index contributed by atoms with van der Waals surface area (Å²) in [6, 6.07) is 7.59. The van der Waals surface area contributed by atoms with E-state index in [9.17, 15) is 26.8 Å². The largest absolute Gasteiger partial charge is 0.395 e. The van der Waals surface area contributed by atoms with Crippen molar-refractivity contribution in [2.45, 2.75) is 44.4 Å². The Morgan fingerprint density at radius 1 is 1.00 bits per heavy atom. The highest BCUT2D eigenvalue weighted by Crippen LogP contribution is 2.54. The molecule has 0 radical (unpaired) electrons. The molecule has 0 unspecified atom stereocenters. The van der Waals surface area contributed by atoms with Crippen molar-refractivity contribution < 1.29 is 27.1 Å². The Labute approximate surface area is 231 Å². The van der Waals surface area contributed by atoms with Gasteiger partial charge in [0.1, 0.15) is 5.69 Å². The number of benzene rings is 1. The first-order valence-electron chi connectivity index (χ1n) is 13.4. The lowest BCUT2D eigenvalue weighted by Crippen LogP contribution is -2.49. The highest BCUT2D eigenvalue weighted by Gasteiger charge is 2.44. The van der Waals surface area contributed by atoms with Crippen LogP contribution in [0.1, 0.15) is 48.9 Å². The van der Waals surface area contributed by atoms with Crippen LogP contribution in [-0.4, -0.2) is 69.4 Å². The number of aromatic nitrogens is 1. The van der Waals surface area contributed by atoms with Crippen LogP contribution in [-0.2, 0) is 10.2 Å². The number of piperidine rings is 2. The molecule has 2 saturated heterocycles. The average Bonchev–Trinajstić information content (AvgIpc) is 3.67. The van der Waals surface area contributed by atoms with Crippen molar-refractivity contribution in [1.82, 2.24) is 9.40 Å². The summed E-state index contributed by atoms with van der Waals surface area (Å²) in [5.41, 5.74) is 0.891. The molecule has 218 valence electrons. The molecular formula is C26H34F2N6O5S. The van der Waals surface area contributed by atoms with E-state index in [1.165, 1.54) is 46.9 Å². The number of aliphatic hydroxyl groups is 1. The molecule has 1 aromatic carbocycles. The molecule has 3 aliphatic rings. The molecule has 5 rings (SSSR count). The molecule has 1 spiro atoms. The summed E-state index contributed by atoms with van der Waals surface area (Å²) >= 11 is 0. The number of anilines is 3. The number of nitrogens with one attached hydrogen (secondary N) is 3. The molecule has 3 fully saturated rings. The van der Waals surface area contributed by atoms with E-state index in [0.29, 0.717) is 24.2 Å². The van der Waals surface area contributed by atoms with Crippen LogP contribution in [0.4, 0.5) is 25.8 Å². The fourth-order valence-corrected chi connectivity index (χ4v) is 6.22. The average molecular weight is 581 g/mol. The number of halogens is 2. The molecule has 1 aliphatic carbocycles. The maximum atomic E-state index is 13.6. The summed E-state index contributed by atoms with van der Waals surface area (Å²) in [5, 5.41) is 13.2. The van der Waals surface area contributed by atoms with Gasteiger partial charge in [-0.1, -0.05) is 0 Å². The fraction of sp³-hybridized carbons (Fsp3) is 0.538. The number of nitrogens with zero attached hydrogens (tertiary/aromatic N) is 3. The quantitative estimate of drug-likeness (QED) is 0.357. The second kappa shape index (κ2) is 11.0. The lowest BCUT2D eigenvalue weighted by atomic mass is 9.93. The molecular weight excluding hydrogens is 546 g/mol. The normalized spacial score (nSPS) is 19.9. The fourth-order valence-electron chi connectivity index (χ4n) is 5.35. The van der Waals surface area contributed by atoms with Crippen molar-refractivity contribution in [1.29, 1.82) is 0 Å². The lowest BCUT2D eigenvalue weighted by molar-refractivity contribution is -0.0260. The SMILES string of the molecule is O=C(Nc1cccn(N2CCC(F)(F)CC2)c1=O)c1ccc(NS(=O)(=O)NCCO)cc1N1CCC2(CC1)CC2. The number of aliphatic hydroxyl groups excluding tert-OH is 1. The van der Waals surface area contributed by atoms with Gasteiger partial charge in [0.05, 0.1) is 23.5 Å². The number of carbonyl (C=O) groups is 1. The Bertz CT molecular complexity index is 1410. The van der Waals surface area contributed by atoms with E-state index in [0.717, 1.165) is 12.8 Å². The highest BCUT2D eigenvalue weighted by atomic mass is 32.2. The standard InChI is InChI=1S/C26H34F2N6O5S/c27-26(28)9-15-33(16-10-26)34-12-1-2-21(24(34)37)30-23(36)20-4-3-19(31-40(38,39)29-11-17-35)18-22(20)32-13-7-25(5-6-25)8-14-32/h1-4,12,18,29,31,35H,5-11,13-17H2,(H,30,36). The predicted molar refractivity (Wildman–Crippen MR) is 148 cm³/mol. The van der Waals surface area contributed by atoms with Crippen molar-refractivity contribution in [2.75, 3.05) is 59.3 Å². The van der Waals surface area contributed by atoms with Gasteiger partial charge in [-0.25, -0.2) is 13.5 Å². The molecule has 2 aliphatic heterocycles. The highest BCUT2D eigenvalue weighted by molar-refractivity contribution is 7.90. The minimum Gasteiger partial charge on any atom is -0.395 e. The van der Waals surface area contributed by atoms with Crippen LogP contribution >= 0.6 is 0 Å². The van der Waals surface area contributed by atoms with Crippen LogP contribution in [0.3, 0.4) is 0 Å². The van der Waals surface area contributed by atoms with Gasteiger partial charge in [-0.2, -0.15) is 13.1 Å². The van der Waals surface area contributed by atoms with Crippen molar-refractivity contribution in [2.24, 2.45) is 5.41 Å². The molecule has 1 amide bonds. The van der Waals surface area contributed by atoms with Gasteiger partial charge in [-0.15, -0.1) is 0 Å². The zero-order valence-electron chi connectivity index (χ0n) is 22.0. The maximum Gasteiger partial charge on any atom is 0.299 e. The summed E-state index contributed by atoms with van der Waals surface area (Å²) in [6.45, 7) is 0.927. The second-order valence-corrected chi connectivity index (χ2v) is 12.3. The Morgan fingerprint density at radius 2 is 1.70 bits per heavy atom. The summed E-state index contributed by atoms with van der Waals surface area (Å²) in [5.74, 6) is -3.31. The van der Waals surface area contributed by atoms with Gasteiger partial charge in [0.2, 0.25) is 0 Å². The molecule has 0 atom stereocenters. The van der Waals surface area contributed by atoms with E-state index >= 15 is 0 Å². The number of alkyl halides is 2. The van der Waals surface area contributed by atoms with Gasteiger partial charge in [-0.3, -0.25) is 14.3 Å². The third-order valence-corrected chi connectivity index (χ3v) is 9.06. The van der Waals surface area contributed by atoms with Crippen molar-refractivity contribution in [3.8, 4) is 0 Å². The topological polar surface area (TPSA) is 136 Å². The van der Waals surface area contributed by atoms with E-state index in [4.69, 9.17) is 5.11 Å². The number of rotatable bonds is 9. The summed E-state index contributed by atoms with van der Waals surface area (Å²) < 4.78 is 57.8. The zero-order chi connectivity index (χ0) is 28.5. The van der Waals surface area contributed by atoms with Crippen molar-refractivity contribution in [3.63, 3.8) is 0 Å². The first-order chi connectivity index (χ1) is 19.0. The minimum atomic E-state index is -3.94. The molecule has 40 heavy (non-hydrogen) atoms. The molecule has 14 heteroatoms. The summed E-state index contributed by atoms with van der Waals surface area (Å²) in [6.07, 6.45) is 5.10. The van der Waals surface area contributed by atoms with Gasteiger partial charge in [0, 0.05) is 51.8 Å². The van der Waals surface area contributed by atoms with Crippen molar-refractivity contribution in [3.05, 3.63) is 52.4 Å². The van der Waals surface area contributed by atoms with Gasteiger partial charge >= 0.3 is 0 Å². The molecule has 1 saturated carbocycles. The van der Waals surface area contributed by atoms with E-state index in [1.54, 1.807) is 12.1 Å². The van der Waals surface area contributed by atoms with E-state index in [-0.39, 0.29) is 56.0 Å². The molecule has 2 aromatic rings. The number of amides is 1. The van der Waals surface area contributed by atoms with E-state index in [2.05, 4.69) is 19.7 Å². The number of carbonyl (C=O) groups excluding carboxylic acids is 1. The summed E-state index contributed by atoms with van der Waals surface area (Å²) in [4.78, 5) is 28.7. The number of hydrogen-bond donors (Lipinski definition) is 4. The first-order valence-corrected chi connectivity index (χ1v) is 14.9. The predicted octanol–water partition coefficient (Wildman–Crippen LogP) is 2.09. The number of pyridine rings is 1. The van der Waals surface area contributed by atoms with Gasteiger partial charge in [0.25, 0.3) is 27.6 Å². The van der Waals surface area contributed by atoms with Gasteiger partial charge in [-0.05, 0) is 61.4 Å². The summed E-state index contributed by atoms with van der Waals surface area (Å²) in [7, 11) is -3.94.